The van der Waals surface area contributed by atoms with Crippen molar-refractivity contribution in [2.45, 2.75) is 26.3 Å². The van der Waals surface area contributed by atoms with E-state index in [2.05, 4.69) is 74.9 Å². The van der Waals surface area contributed by atoms with Crippen LogP contribution in [0.2, 0.25) is 0 Å². The maximum atomic E-state index is 13.3. The van der Waals surface area contributed by atoms with E-state index < -0.39 is 0 Å². The Balaban J connectivity index is 1.45. The largest absolute Gasteiger partial charge is 0.491 e. The molecule has 5 rings (SSSR count). The highest BCUT2D eigenvalue weighted by atomic mass is 16.5. The summed E-state index contributed by atoms with van der Waals surface area (Å²) in [4.78, 5) is 24.8. The Kier molecular flexibility index (Phi) is 8.07. The lowest BCUT2D eigenvalue weighted by Crippen LogP contribution is -2.44. The van der Waals surface area contributed by atoms with Crippen LogP contribution in [0.15, 0.2) is 36.5 Å². The lowest BCUT2D eigenvalue weighted by atomic mass is 10.00. The fourth-order valence-corrected chi connectivity index (χ4v) is 6.05. The molecule has 1 unspecified atom stereocenters. The number of carbonyl (C=O) groups is 1. The van der Waals surface area contributed by atoms with Crippen molar-refractivity contribution in [2.75, 3.05) is 67.0 Å². The Morgan fingerprint density at radius 3 is 2.56 bits per heavy atom. The molecule has 1 aliphatic rings. The third kappa shape index (κ3) is 5.60. The zero-order valence-electron chi connectivity index (χ0n) is 24.3. The Morgan fingerprint density at radius 2 is 1.82 bits per heavy atom. The summed E-state index contributed by atoms with van der Waals surface area (Å²) >= 11 is 0. The molecule has 8 heteroatoms. The van der Waals surface area contributed by atoms with Gasteiger partial charge in [0.15, 0.2) is 0 Å². The molecular formula is C31H42N6O2. The van der Waals surface area contributed by atoms with Crippen molar-refractivity contribution in [2.24, 2.45) is 7.05 Å². The van der Waals surface area contributed by atoms with E-state index >= 15 is 0 Å². The number of hydrogen-bond acceptors (Lipinski definition) is 6. The second kappa shape index (κ2) is 11.5. The summed E-state index contributed by atoms with van der Waals surface area (Å²) in [5.41, 5.74) is 3.85. The minimum absolute atomic E-state index is 0.0166. The standard InChI is InChI=1S/C31H42N6O2/c1-21(20-34(3)4)33-31(38)28-25-19-26-24-9-7-10-27(39-18-8-13-37-16-14-35(5)15-17-37)30(24)36(6)29(26)22(2)23(25)11-12-32-28/h7,9-12,19,21H,8,13-18,20H2,1-6H3,(H,33,38). The van der Waals surface area contributed by atoms with Crippen molar-refractivity contribution in [1.82, 2.24) is 29.6 Å². The van der Waals surface area contributed by atoms with E-state index in [0.29, 0.717) is 12.3 Å². The predicted molar refractivity (Wildman–Crippen MR) is 160 cm³/mol. The number of carbonyl (C=O) groups excluding carboxylic acids is 1. The molecule has 1 atom stereocenters. The van der Waals surface area contributed by atoms with Gasteiger partial charge in [-0.3, -0.25) is 9.78 Å². The van der Waals surface area contributed by atoms with Gasteiger partial charge in [-0.2, -0.15) is 0 Å². The molecule has 4 aromatic rings. The number of fused-ring (bicyclic) bond motifs is 4. The number of rotatable bonds is 9. The minimum atomic E-state index is -0.140. The second-order valence-corrected chi connectivity index (χ2v) is 11.3. The molecule has 39 heavy (non-hydrogen) atoms. The number of aromatic nitrogens is 2. The van der Waals surface area contributed by atoms with Crippen molar-refractivity contribution < 1.29 is 9.53 Å². The van der Waals surface area contributed by atoms with Crippen molar-refractivity contribution in [3.05, 3.63) is 47.8 Å². The van der Waals surface area contributed by atoms with Gasteiger partial charge in [-0.25, -0.2) is 0 Å². The van der Waals surface area contributed by atoms with Crippen LogP contribution in [0.4, 0.5) is 0 Å². The van der Waals surface area contributed by atoms with E-state index in [4.69, 9.17) is 4.74 Å². The second-order valence-electron chi connectivity index (χ2n) is 11.3. The van der Waals surface area contributed by atoms with Gasteiger partial charge in [0.25, 0.3) is 5.91 Å². The van der Waals surface area contributed by atoms with Crippen LogP contribution in [0.25, 0.3) is 32.6 Å². The lowest BCUT2D eigenvalue weighted by molar-refractivity contribution is 0.0931. The van der Waals surface area contributed by atoms with Crippen molar-refractivity contribution in [3.63, 3.8) is 0 Å². The van der Waals surface area contributed by atoms with Crippen LogP contribution in [0.5, 0.6) is 5.75 Å². The Hall–Kier alpha value is -3.20. The number of nitrogens with zero attached hydrogens (tertiary/aromatic N) is 5. The number of benzene rings is 2. The molecule has 0 bridgehead atoms. The molecule has 1 saturated heterocycles. The highest BCUT2D eigenvalue weighted by Crippen LogP contribution is 2.39. The molecule has 208 valence electrons. The van der Waals surface area contributed by atoms with Crippen LogP contribution in [-0.2, 0) is 7.05 Å². The van der Waals surface area contributed by atoms with Crippen molar-refractivity contribution in [1.29, 1.82) is 0 Å². The molecule has 2 aromatic carbocycles. The molecule has 0 saturated carbocycles. The van der Waals surface area contributed by atoms with Gasteiger partial charge in [-0.1, -0.05) is 12.1 Å². The number of likely N-dealkylation sites (N-methyl/N-ethyl adjacent to an activating group) is 2. The normalized spacial score (nSPS) is 16.0. The maximum Gasteiger partial charge on any atom is 0.270 e. The van der Waals surface area contributed by atoms with E-state index in [9.17, 15) is 4.79 Å². The van der Waals surface area contributed by atoms with Gasteiger partial charge < -0.3 is 29.3 Å². The van der Waals surface area contributed by atoms with Crippen LogP contribution < -0.4 is 10.1 Å². The molecule has 1 aliphatic heterocycles. The zero-order valence-corrected chi connectivity index (χ0v) is 24.3. The van der Waals surface area contributed by atoms with Crippen molar-refractivity contribution in [3.8, 4) is 5.75 Å². The van der Waals surface area contributed by atoms with Crippen LogP contribution in [0.3, 0.4) is 0 Å². The number of ether oxygens (including phenoxy) is 1. The predicted octanol–water partition coefficient (Wildman–Crippen LogP) is 3.88. The van der Waals surface area contributed by atoms with Crippen molar-refractivity contribution >= 4 is 38.5 Å². The number of piperazine rings is 1. The number of aryl methyl sites for hydroxylation is 2. The summed E-state index contributed by atoms with van der Waals surface area (Å²) in [5, 5.41) is 7.29. The van der Waals surface area contributed by atoms with Crippen LogP contribution >= 0.6 is 0 Å². The van der Waals surface area contributed by atoms with Crippen LogP contribution in [0, 0.1) is 6.92 Å². The maximum absolute atomic E-state index is 13.3. The average Bonchev–Trinajstić information content (AvgIpc) is 3.19. The van der Waals surface area contributed by atoms with Gasteiger partial charge in [0.1, 0.15) is 11.4 Å². The topological polar surface area (TPSA) is 65.9 Å². The van der Waals surface area contributed by atoms with Gasteiger partial charge in [0.05, 0.1) is 17.6 Å². The summed E-state index contributed by atoms with van der Waals surface area (Å²) in [6.45, 7) is 11.2. The first-order valence-corrected chi connectivity index (χ1v) is 14.0. The van der Waals surface area contributed by atoms with Crippen LogP contribution in [0.1, 0.15) is 29.4 Å². The molecule has 3 heterocycles. The highest BCUT2D eigenvalue weighted by Gasteiger charge is 2.21. The zero-order chi connectivity index (χ0) is 27.7. The number of pyridine rings is 1. The fourth-order valence-electron chi connectivity index (χ4n) is 6.05. The SMILES string of the molecule is Cc1c2ccnc(C(=O)NC(C)CN(C)C)c2cc2c3cccc(OCCCN4CCN(C)CC4)c3n(C)c12. The van der Waals surface area contributed by atoms with Gasteiger partial charge in [0, 0.05) is 74.7 Å². The Bertz CT molecular complexity index is 1490. The third-order valence-corrected chi connectivity index (χ3v) is 7.96. The molecule has 0 radical (unpaired) electrons. The molecule has 0 spiro atoms. The minimum Gasteiger partial charge on any atom is -0.491 e. The van der Waals surface area contributed by atoms with Gasteiger partial charge in [0.2, 0.25) is 0 Å². The van der Waals surface area contributed by atoms with E-state index in [1.54, 1.807) is 6.20 Å². The lowest BCUT2D eigenvalue weighted by Gasteiger charge is -2.32. The average molecular weight is 531 g/mol. The highest BCUT2D eigenvalue weighted by molar-refractivity contribution is 6.18. The smallest absolute Gasteiger partial charge is 0.270 e. The first-order valence-electron chi connectivity index (χ1n) is 14.0. The third-order valence-electron chi connectivity index (χ3n) is 7.96. The van der Waals surface area contributed by atoms with Crippen LogP contribution in [-0.4, -0.2) is 103 Å². The first-order chi connectivity index (χ1) is 18.7. The fraction of sp³-hybridized carbons (Fsp3) is 0.484. The summed E-state index contributed by atoms with van der Waals surface area (Å²) in [5.74, 6) is 0.764. The summed E-state index contributed by atoms with van der Waals surface area (Å²) in [6.07, 6.45) is 2.74. The number of amides is 1. The molecule has 8 nitrogen and oxygen atoms in total. The molecule has 1 amide bonds. The molecule has 0 aliphatic carbocycles. The molecule has 2 aromatic heterocycles. The number of para-hydroxylation sites is 1. The summed E-state index contributed by atoms with van der Waals surface area (Å²) in [7, 11) is 8.31. The van der Waals surface area contributed by atoms with E-state index in [1.165, 1.54) is 0 Å². The number of nitrogens with one attached hydrogen (secondary N) is 1. The van der Waals surface area contributed by atoms with Gasteiger partial charge >= 0.3 is 0 Å². The Morgan fingerprint density at radius 1 is 1.05 bits per heavy atom. The van der Waals surface area contributed by atoms with E-state index in [-0.39, 0.29) is 11.9 Å². The van der Waals surface area contributed by atoms with Gasteiger partial charge in [-0.05, 0) is 70.6 Å². The monoisotopic (exact) mass is 530 g/mol. The molecular weight excluding hydrogens is 488 g/mol. The molecule has 1 fully saturated rings. The Labute approximate surface area is 231 Å². The number of hydrogen-bond donors (Lipinski definition) is 1. The quantitative estimate of drug-likeness (QED) is 0.331. The van der Waals surface area contributed by atoms with Gasteiger partial charge in [-0.15, -0.1) is 0 Å². The van der Waals surface area contributed by atoms with E-state index in [1.807, 2.05) is 27.1 Å². The summed E-state index contributed by atoms with van der Waals surface area (Å²) < 4.78 is 8.62. The van der Waals surface area contributed by atoms with E-state index in [0.717, 1.165) is 89.6 Å². The first kappa shape index (κ1) is 27.4. The summed E-state index contributed by atoms with van der Waals surface area (Å²) in [6, 6.07) is 10.4. The molecule has 1 N–H and O–H groups in total.